The number of carbonyl (C=O) groups excluding carboxylic acids is 1. The van der Waals surface area contributed by atoms with Gasteiger partial charge in [-0.3, -0.25) is 15.6 Å². The molecule has 1 aromatic rings. The first-order valence-electron chi connectivity index (χ1n) is 7.47. The summed E-state index contributed by atoms with van der Waals surface area (Å²) in [6.07, 6.45) is 9.87. The average Bonchev–Trinajstić information content (AvgIpc) is 2.89. The van der Waals surface area contributed by atoms with Crippen molar-refractivity contribution < 1.29 is 4.79 Å². The first kappa shape index (κ1) is 17.0. The molecule has 0 radical (unpaired) electrons. The van der Waals surface area contributed by atoms with Gasteiger partial charge in [-0.05, 0) is 12.8 Å². The Morgan fingerprint density at radius 1 is 1.38 bits per heavy atom. The van der Waals surface area contributed by atoms with Gasteiger partial charge < -0.3 is 10.7 Å². The predicted octanol–water partition coefficient (Wildman–Crippen LogP) is 2.35. The van der Waals surface area contributed by atoms with Crippen molar-refractivity contribution in [1.29, 1.82) is 5.41 Å². The van der Waals surface area contributed by atoms with Gasteiger partial charge in [0.25, 0.3) is 0 Å². The molecule has 0 unspecified atom stereocenters. The Bertz CT molecular complexity index is 456. The summed E-state index contributed by atoms with van der Waals surface area (Å²) in [7, 11) is 1.68. The molecule has 21 heavy (non-hydrogen) atoms. The lowest BCUT2D eigenvalue weighted by Gasteiger charge is -2.18. The molecule has 0 spiro atoms. The van der Waals surface area contributed by atoms with Crippen molar-refractivity contribution >= 4 is 17.8 Å². The number of nitrogens with zero attached hydrogens (tertiary/aromatic N) is 2. The molecule has 0 fully saturated rings. The molecule has 0 saturated heterocycles. The maximum absolute atomic E-state index is 10.8. The molecule has 2 amide bonds. The van der Waals surface area contributed by atoms with Crippen molar-refractivity contribution in [1.82, 2.24) is 15.3 Å². The van der Waals surface area contributed by atoms with Crippen molar-refractivity contribution in [2.24, 2.45) is 5.73 Å². The monoisotopic (exact) mass is 294 g/mol. The summed E-state index contributed by atoms with van der Waals surface area (Å²) in [6.45, 7) is 2.21. The fourth-order valence-electron chi connectivity index (χ4n) is 2.18. The lowest BCUT2D eigenvalue weighted by molar-refractivity contribution is 0.253. The summed E-state index contributed by atoms with van der Waals surface area (Å²) < 4.78 is 0. The van der Waals surface area contributed by atoms with Crippen molar-refractivity contribution in [3.63, 3.8) is 0 Å². The van der Waals surface area contributed by atoms with E-state index in [4.69, 9.17) is 11.1 Å². The zero-order valence-electron chi connectivity index (χ0n) is 12.9. The van der Waals surface area contributed by atoms with E-state index in [1.807, 2.05) is 0 Å². The highest BCUT2D eigenvalue weighted by molar-refractivity contribution is 6.02. The predicted molar refractivity (Wildman–Crippen MR) is 84.5 cm³/mol. The van der Waals surface area contributed by atoms with Crippen LogP contribution >= 0.6 is 0 Å². The van der Waals surface area contributed by atoms with Crippen molar-refractivity contribution in [3.8, 4) is 0 Å². The quantitative estimate of drug-likeness (QED) is 0.335. The smallest absolute Gasteiger partial charge is 0.318 e. The molecule has 7 nitrogen and oxygen atoms in total. The summed E-state index contributed by atoms with van der Waals surface area (Å²) in [4.78, 5) is 19.6. The van der Waals surface area contributed by atoms with Crippen LogP contribution in [-0.2, 0) is 6.42 Å². The van der Waals surface area contributed by atoms with Gasteiger partial charge in [0, 0.05) is 7.05 Å². The number of aromatic amines is 1. The van der Waals surface area contributed by atoms with E-state index in [1.54, 1.807) is 13.4 Å². The molecule has 0 atom stereocenters. The van der Waals surface area contributed by atoms with Gasteiger partial charge in [-0.1, -0.05) is 39.0 Å². The van der Waals surface area contributed by atoms with Crippen LogP contribution in [0.25, 0.3) is 0 Å². The normalized spacial score (nSPS) is 10.4. The summed E-state index contributed by atoms with van der Waals surface area (Å²) in [5.74, 6) is 0.570. The molecule has 118 valence electrons. The fraction of sp³-hybridized carbons (Fsp3) is 0.643. The number of hydrogen-bond acceptors (Lipinski definition) is 3. The SMILES string of the molecule is CCCCCCCCc1[nH]cnc1N(C)C(=N)NC(N)=O. The van der Waals surface area contributed by atoms with Crippen LogP contribution in [0.4, 0.5) is 10.6 Å². The van der Waals surface area contributed by atoms with Gasteiger partial charge in [0.1, 0.15) is 0 Å². The van der Waals surface area contributed by atoms with Crippen LogP contribution in [0.15, 0.2) is 6.33 Å². The molecule has 0 aromatic carbocycles. The first-order valence-corrected chi connectivity index (χ1v) is 7.47. The minimum atomic E-state index is -0.750. The number of carbonyl (C=O) groups is 1. The van der Waals surface area contributed by atoms with Crippen LogP contribution in [-0.4, -0.2) is 29.0 Å². The van der Waals surface area contributed by atoms with Crippen molar-refractivity contribution in [3.05, 3.63) is 12.0 Å². The highest BCUT2D eigenvalue weighted by Crippen LogP contribution is 2.17. The van der Waals surface area contributed by atoms with E-state index in [9.17, 15) is 4.79 Å². The standard InChI is InChI=1S/C14H26N6O/c1-3-4-5-6-7-8-9-11-12(18-10-17-11)20(2)13(15)19-14(16)21/h10H,3-9H2,1-2H3,(H,17,18)(H4,15,16,19,21). The Balaban J connectivity index is 2.45. The Hall–Kier alpha value is -2.05. The van der Waals surface area contributed by atoms with Crippen LogP contribution in [0.1, 0.15) is 51.1 Å². The average molecular weight is 294 g/mol. The number of hydrogen-bond donors (Lipinski definition) is 4. The Morgan fingerprint density at radius 2 is 2.05 bits per heavy atom. The number of nitrogens with two attached hydrogens (primary N) is 1. The number of imidazole rings is 1. The largest absolute Gasteiger partial charge is 0.351 e. The third-order valence-corrected chi connectivity index (χ3v) is 3.37. The Labute approximate surface area is 125 Å². The molecule has 7 heteroatoms. The number of aromatic nitrogens is 2. The zero-order valence-corrected chi connectivity index (χ0v) is 12.9. The molecular weight excluding hydrogens is 268 g/mol. The van der Waals surface area contributed by atoms with E-state index in [2.05, 4.69) is 22.2 Å². The number of amides is 2. The molecule has 1 heterocycles. The van der Waals surface area contributed by atoms with Crippen LogP contribution in [0.5, 0.6) is 0 Å². The molecule has 1 aromatic heterocycles. The third-order valence-electron chi connectivity index (χ3n) is 3.37. The second kappa shape index (κ2) is 8.99. The minimum absolute atomic E-state index is 0.0844. The van der Waals surface area contributed by atoms with E-state index < -0.39 is 6.03 Å². The molecule has 0 aliphatic carbocycles. The highest BCUT2D eigenvalue weighted by Gasteiger charge is 2.15. The number of aryl methyl sites for hydroxylation is 1. The van der Waals surface area contributed by atoms with E-state index in [0.717, 1.165) is 18.5 Å². The molecular formula is C14H26N6O. The maximum Gasteiger partial charge on any atom is 0.318 e. The Morgan fingerprint density at radius 3 is 2.71 bits per heavy atom. The lowest BCUT2D eigenvalue weighted by Crippen LogP contribution is -2.44. The number of guanidine groups is 1. The summed E-state index contributed by atoms with van der Waals surface area (Å²) in [5.41, 5.74) is 5.99. The van der Waals surface area contributed by atoms with Crippen LogP contribution in [0.3, 0.4) is 0 Å². The first-order chi connectivity index (χ1) is 10.1. The van der Waals surface area contributed by atoms with Crippen LogP contribution < -0.4 is 16.0 Å². The van der Waals surface area contributed by atoms with E-state index in [1.165, 1.54) is 37.0 Å². The van der Waals surface area contributed by atoms with Crippen molar-refractivity contribution in [2.45, 2.75) is 51.9 Å². The van der Waals surface area contributed by atoms with E-state index in [-0.39, 0.29) is 5.96 Å². The van der Waals surface area contributed by atoms with Crippen LogP contribution in [0, 0.1) is 5.41 Å². The summed E-state index contributed by atoms with van der Waals surface area (Å²) >= 11 is 0. The Kier molecular flexibility index (Phi) is 7.28. The van der Waals surface area contributed by atoms with E-state index in [0.29, 0.717) is 5.82 Å². The fourth-order valence-corrected chi connectivity index (χ4v) is 2.18. The maximum atomic E-state index is 10.8. The van der Waals surface area contributed by atoms with Gasteiger partial charge in [-0.25, -0.2) is 9.78 Å². The van der Waals surface area contributed by atoms with E-state index >= 15 is 0 Å². The molecule has 0 aliphatic heterocycles. The van der Waals surface area contributed by atoms with Gasteiger partial charge in [-0.2, -0.15) is 0 Å². The van der Waals surface area contributed by atoms with Crippen LogP contribution in [0.2, 0.25) is 0 Å². The molecule has 1 rings (SSSR count). The number of anilines is 1. The zero-order chi connectivity index (χ0) is 15.7. The lowest BCUT2D eigenvalue weighted by atomic mass is 10.1. The highest BCUT2D eigenvalue weighted by atomic mass is 16.2. The number of H-pyrrole nitrogens is 1. The number of urea groups is 1. The molecule has 5 N–H and O–H groups in total. The van der Waals surface area contributed by atoms with Gasteiger partial charge in [0.2, 0.25) is 5.96 Å². The second-order valence-corrected chi connectivity index (χ2v) is 5.12. The number of rotatable bonds is 8. The summed E-state index contributed by atoms with van der Waals surface area (Å²) in [6, 6.07) is -0.750. The number of primary amides is 1. The van der Waals surface area contributed by atoms with Gasteiger partial charge in [0.05, 0.1) is 12.0 Å². The topological polar surface area (TPSA) is 111 Å². The number of nitrogens with one attached hydrogen (secondary N) is 3. The van der Waals surface area contributed by atoms with Gasteiger partial charge in [0.15, 0.2) is 5.82 Å². The third kappa shape index (κ3) is 5.85. The van der Waals surface area contributed by atoms with Gasteiger partial charge in [-0.15, -0.1) is 0 Å². The molecule has 0 aliphatic rings. The minimum Gasteiger partial charge on any atom is -0.351 e. The molecule has 0 bridgehead atoms. The number of unbranched alkanes of at least 4 members (excludes halogenated alkanes) is 5. The van der Waals surface area contributed by atoms with Crippen molar-refractivity contribution in [2.75, 3.05) is 11.9 Å². The summed E-state index contributed by atoms with van der Waals surface area (Å²) in [5, 5.41) is 9.99. The second-order valence-electron chi connectivity index (χ2n) is 5.12. The molecule has 0 saturated carbocycles. The van der Waals surface area contributed by atoms with Gasteiger partial charge >= 0.3 is 6.03 Å².